The number of nitrogens with zero attached hydrogens (tertiary/aromatic N) is 2. The third-order valence-corrected chi connectivity index (χ3v) is 6.67. The Kier molecular flexibility index (Phi) is 7.00. The van der Waals surface area contributed by atoms with E-state index < -0.39 is 10.0 Å². The summed E-state index contributed by atoms with van der Waals surface area (Å²) in [6.07, 6.45) is 3.21. The molecule has 1 saturated heterocycles. The molecule has 0 spiro atoms. The van der Waals surface area contributed by atoms with Gasteiger partial charge in [0.2, 0.25) is 21.8 Å². The quantitative estimate of drug-likeness (QED) is 0.675. The van der Waals surface area contributed by atoms with E-state index in [2.05, 4.69) is 5.32 Å². The van der Waals surface area contributed by atoms with E-state index in [4.69, 9.17) is 0 Å². The van der Waals surface area contributed by atoms with E-state index in [0.29, 0.717) is 24.2 Å². The Morgan fingerprint density at radius 2 is 1.81 bits per heavy atom. The highest BCUT2D eigenvalue weighted by Gasteiger charge is 2.21. The van der Waals surface area contributed by atoms with Crippen LogP contribution in [0.4, 0.5) is 17.1 Å². The Bertz CT molecular complexity index is 1060. The molecule has 166 valence electrons. The number of aryl methyl sites for hydroxylation is 2. The van der Waals surface area contributed by atoms with Crippen molar-refractivity contribution in [2.45, 2.75) is 39.5 Å². The van der Waals surface area contributed by atoms with Crippen LogP contribution in [-0.2, 0) is 19.6 Å². The molecule has 2 aromatic rings. The topological polar surface area (TPSA) is 86.8 Å². The lowest BCUT2D eigenvalue weighted by molar-refractivity contribution is -0.117. The molecule has 0 aromatic heterocycles. The Hall–Kier alpha value is -2.87. The number of hydrogen-bond donors (Lipinski definition) is 1. The molecule has 1 aliphatic heterocycles. The molecule has 0 radical (unpaired) electrons. The van der Waals surface area contributed by atoms with Crippen LogP contribution in [0.2, 0.25) is 0 Å². The number of carbonyl (C=O) groups excluding carboxylic acids is 2. The van der Waals surface area contributed by atoms with E-state index in [1.54, 1.807) is 23.1 Å². The molecule has 7 nitrogen and oxygen atoms in total. The number of anilines is 3. The standard InChI is InChI=1S/C23H29N3O4S/c1-17-8-11-21(16-18(17)2)26(31(3,29)30)15-4-6-22(27)24-19-9-12-20(13-10-19)25-14-5-7-23(25)28/h8-13,16H,4-7,14-15H2,1-3H3,(H,24,27). The first-order valence-corrected chi connectivity index (χ1v) is 12.3. The normalized spacial score (nSPS) is 14.0. The van der Waals surface area contributed by atoms with Crippen molar-refractivity contribution in [3.05, 3.63) is 53.6 Å². The first-order chi connectivity index (χ1) is 14.6. The molecule has 8 heteroatoms. The average Bonchev–Trinajstić information content (AvgIpc) is 3.13. The van der Waals surface area contributed by atoms with Crippen molar-refractivity contribution in [1.29, 1.82) is 0 Å². The predicted octanol–water partition coefficient (Wildman–Crippen LogP) is 3.62. The zero-order valence-electron chi connectivity index (χ0n) is 18.2. The van der Waals surface area contributed by atoms with Gasteiger partial charge in [0.25, 0.3) is 0 Å². The maximum atomic E-state index is 12.3. The maximum Gasteiger partial charge on any atom is 0.232 e. The summed E-state index contributed by atoms with van der Waals surface area (Å²) in [6.45, 7) is 4.87. The van der Waals surface area contributed by atoms with Crippen molar-refractivity contribution >= 4 is 38.9 Å². The zero-order valence-corrected chi connectivity index (χ0v) is 19.0. The van der Waals surface area contributed by atoms with Crippen molar-refractivity contribution in [3.63, 3.8) is 0 Å². The number of benzene rings is 2. The molecule has 0 aliphatic carbocycles. The van der Waals surface area contributed by atoms with Crippen LogP contribution in [-0.4, -0.2) is 39.6 Å². The van der Waals surface area contributed by atoms with Gasteiger partial charge in [0, 0.05) is 37.3 Å². The molecule has 31 heavy (non-hydrogen) atoms. The van der Waals surface area contributed by atoms with Crippen LogP contribution in [0.1, 0.15) is 36.8 Å². The van der Waals surface area contributed by atoms with Crippen LogP contribution < -0.4 is 14.5 Å². The molecule has 3 rings (SSSR count). The molecule has 1 heterocycles. The summed E-state index contributed by atoms with van der Waals surface area (Å²) in [6, 6.07) is 12.7. The van der Waals surface area contributed by atoms with Gasteiger partial charge in [-0.3, -0.25) is 13.9 Å². The highest BCUT2D eigenvalue weighted by molar-refractivity contribution is 7.92. The van der Waals surface area contributed by atoms with Crippen LogP contribution in [0.25, 0.3) is 0 Å². The third kappa shape index (κ3) is 5.85. The third-order valence-electron chi connectivity index (χ3n) is 5.48. The second-order valence-electron chi connectivity index (χ2n) is 7.95. The molecule has 1 N–H and O–H groups in total. The molecule has 0 unspecified atom stereocenters. The van der Waals surface area contributed by atoms with Gasteiger partial charge in [0.1, 0.15) is 0 Å². The van der Waals surface area contributed by atoms with Crippen molar-refractivity contribution in [3.8, 4) is 0 Å². The Labute approximate surface area is 184 Å². The smallest absolute Gasteiger partial charge is 0.232 e. The van der Waals surface area contributed by atoms with E-state index in [9.17, 15) is 18.0 Å². The number of hydrogen-bond acceptors (Lipinski definition) is 4. The van der Waals surface area contributed by atoms with Crippen LogP contribution in [0.5, 0.6) is 0 Å². The highest BCUT2D eigenvalue weighted by Crippen LogP contribution is 2.24. The summed E-state index contributed by atoms with van der Waals surface area (Å²) in [5.41, 5.74) is 4.20. The van der Waals surface area contributed by atoms with Crippen LogP contribution in [0, 0.1) is 13.8 Å². The van der Waals surface area contributed by atoms with Gasteiger partial charge in [-0.15, -0.1) is 0 Å². The van der Waals surface area contributed by atoms with Crippen molar-refractivity contribution in [1.82, 2.24) is 0 Å². The summed E-state index contributed by atoms with van der Waals surface area (Å²) >= 11 is 0. The van der Waals surface area contributed by atoms with Gasteiger partial charge in [-0.1, -0.05) is 6.07 Å². The van der Waals surface area contributed by atoms with E-state index in [1.807, 2.05) is 38.1 Å². The number of amides is 2. The molecule has 0 atom stereocenters. The van der Waals surface area contributed by atoms with Crippen molar-refractivity contribution < 1.29 is 18.0 Å². The van der Waals surface area contributed by atoms with Gasteiger partial charge in [0.05, 0.1) is 11.9 Å². The minimum absolute atomic E-state index is 0.121. The summed E-state index contributed by atoms with van der Waals surface area (Å²) in [4.78, 5) is 25.9. The predicted molar refractivity (Wildman–Crippen MR) is 124 cm³/mol. The molecular weight excluding hydrogens is 414 g/mol. The monoisotopic (exact) mass is 443 g/mol. The zero-order chi connectivity index (χ0) is 22.6. The molecule has 0 saturated carbocycles. The first-order valence-electron chi connectivity index (χ1n) is 10.4. The van der Waals surface area contributed by atoms with E-state index >= 15 is 0 Å². The Morgan fingerprint density at radius 1 is 1.10 bits per heavy atom. The number of rotatable bonds is 8. The van der Waals surface area contributed by atoms with E-state index in [1.165, 1.54) is 10.6 Å². The average molecular weight is 444 g/mol. The van der Waals surface area contributed by atoms with Gasteiger partial charge in [-0.2, -0.15) is 0 Å². The lowest BCUT2D eigenvalue weighted by Crippen LogP contribution is -2.31. The fraction of sp³-hybridized carbons (Fsp3) is 0.391. The Morgan fingerprint density at radius 3 is 2.39 bits per heavy atom. The summed E-state index contributed by atoms with van der Waals surface area (Å²) in [5, 5.41) is 2.83. The van der Waals surface area contributed by atoms with E-state index in [-0.39, 0.29) is 24.8 Å². The Balaban J connectivity index is 1.55. The summed E-state index contributed by atoms with van der Waals surface area (Å²) in [5.74, 6) is -0.0606. The lowest BCUT2D eigenvalue weighted by Gasteiger charge is -2.23. The van der Waals surface area contributed by atoms with Gasteiger partial charge < -0.3 is 10.2 Å². The van der Waals surface area contributed by atoms with Gasteiger partial charge in [-0.25, -0.2) is 8.42 Å². The fourth-order valence-electron chi connectivity index (χ4n) is 3.62. The molecule has 2 aromatic carbocycles. The molecule has 1 aliphatic rings. The molecule has 0 bridgehead atoms. The van der Waals surface area contributed by atoms with Gasteiger partial charge >= 0.3 is 0 Å². The van der Waals surface area contributed by atoms with Crippen LogP contribution in [0.15, 0.2) is 42.5 Å². The number of carbonyl (C=O) groups is 2. The highest BCUT2D eigenvalue weighted by atomic mass is 32.2. The van der Waals surface area contributed by atoms with Crippen molar-refractivity contribution in [2.75, 3.05) is 33.9 Å². The van der Waals surface area contributed by atoms with Gasteiger partial charge in [0.15, 0.2) is 0 Å². The minimum atomic E-state index is -3.45. The largest absolute Gasteiger partial charge is 0.326 e. The second kappa shape index (κ2) is 9.51. The number of nitrogens with one attached hydrogen (secondary N) is 1. The maximum absolute atomic E-state index is 12.3. The molecular formula is C23H29N3O4S. The van der Waals surface area contributed by atoms with E-state index in [0.717, 1.165) is 29.8 Å². The van der Waals surface area contributed by atoms with Crippen molar-refractivity contribution in [2.24, 2.45) is 0 Å². The van der Waals surface area contributed by atoms with Crippen LogP contribution in [0.3, 0.4) is 0 Å². The number of sulfonamides is 1. The first kappa shape index (κ1) is 22.8. The fourth-order valence-corrected chi connectivity index (χ4v) is 4.58. The van der Waals surface area contributed by atoms with Crippen LogP contribution >= 0.6 is 0 Å². The second-order valence-corrected chi connectivity index (χ2v) is 9.86. The van der Waals surface area contributed by atoms with Gasteiger partial charge in [-0.05, 0) is 74.2 Å². The molecule has 2 amide bonds. The minimum Gasteiger partial charge on any atom is -0.326 e. The molecule has 1 fully saturated rings. The summed E-state index contributed by atoms with van der Waals surface area (Å²) < 4.78 is 25.9. The SMILES string of the molecule is Cc1ccc(N(CCCC(=O)Nc2ccc(N3CCCC3=O)cc2)S(C)(=O)=O)cc1C. The lowest BCUT2D eigenvalue weighted by atomic mass is 10.1. The summed E-state index contributed by atoms with van der Waals surface area (Å²) in [7, 11) is -3.45.